The average Bonchev–Trinajstić information content (AvgIpc) is 2.80. The molecule has 3 aromatic carbocycles. The van der Waals surface area contributed by atoms with Crippen molar-refractivity contribution < 1.29 is 9.72 Å². The summed E-state index contributed by atoms with van der Waals surface area (Å²) in [6, 6.07) is 20.7. The van der Waals surface area contributed by atoms with Crippen molar-refractivity contribution in [3.63, 3.8) is 0 Å². The standard InChI is InChI=1S/C24H24N4O3/c29-24(26-25-16-21-6-3-5-19-4-1-2-7-23(19)21)20-12-14-27(15-13-20)17-18-8-10-22(11-9-18)28(30)31/h1-11,16,20H,12-15,17H2,(H,26,29)/b25-16+. The van der Waals surface area contributed by atoms with Gasteiger partial charge in [0.1, 0.15) is 0 Å². The van der Waals surface area contributed by atoms with Gasteiger partial charge in [-0.05, 0) is 42.3 Å². The van der Waals surface area contributed by atoms with Gasteiger partial charge in [-0.15, -0.1) is 0 Å². The highest BCUT2D eigenvalue weighted by Crippen LogP contribution is 2.21. The second kappa shape index (κ2) is 9.49. The molecule has 3 aromatic rings. The largest absolute Gasteiger partial charge is 0.299 e. The molecular formula is C24H24N4O3. The smallest absolute Gasteiger partial charge is 0.269 e. The van der Waals surface area contributed by atoms with Crippen LogP contribution < -0.4 is 5.43 Å². The van der Waals surface area contributed by atoms with Crippen LogP contribution in [0.4, 0.5) is 5.69 Å². The number of carbonyl (C=O) groups is 1. The van der Waals surface area contributed by atoms with Crippen molar-refractivity contribution >= 4 is 28.6 Å². The van der Waals surface area contributed by atoms with Gasteiger partial charge in [-0.3, -0.25) is 19.8 Å². The first-order valence-electron chi connectivity index (χ1n) is 10.4. The molecule has 0 aliphatic carbocycles. The normalized spacial score (nSPS) is 15.4. The number of nitro groups is 1. The molecule has 0 radical (unpaired) electrons. The van der Waals surface area contributed by atoms with Gasteiger partial charge in [0, 0.05) is 30.2 Å². The lowest BCUT2D eigenvalue weighted by Gasteiger charge is -2.30. The highest BCUT2D eigenvalue weighted by atomic mass is 16.6. The van der Waals surface area contributed by atoms with E-state index < -0.39 is 4.92 Å². The molecule has 31 heavy (non-hydrogen) atoms. The van der Waals surface area contributed by atoms with Gasteiger partial charge in [0.25, 0.3) is 5.69 Å². The predicted octanol–water partition coefficient (Wildman–Crippen LogP) is 4.11. The minimum atomic E-state index is -0.392. The van der Waals surface area contributed by atoms with Crippen molar-refractivity contribution in [1.29, 1.82) is 0 Å². The number of hydrazone groups is 1. The van der Waals surface area contributed by atoms with Crippen LogP contribution >= 0.6 is 0 Å². The Labute approximate surface area is 180 Å². The molecule has 0 saturated carbocycles. The van der Waals surface area contributed by atoms with Gasteiger partial charge in [-0.1, -0.05) is 54.6 Å². The molecule has 7 nitrogen and oxygen atoms in total. The summed E-state index contributed by atoms with van der Waals surface area (Å²) < 4.78 is 0. The molecule has 4 rings (SSSR count). The van der Waals surface area contributed by atoms with Gasteiger partial charge >= 0.3 is 0 Å². The lowest BCUT2D eigenvalue weighted by Crippen LogP contribution is -2.39. The van der Waals surface area contributed by atoms with E-state index in [1.165, 1.54) is 12.1 Å². The fraction of sp³-hybridized carbons (Fsp3) is 0.250. The first-order chi connectivity index (χ1) is 15.1. The van der Waals surface area contributed by atoms with Crippen LogP contribution in [0.5, 0.6) is 0 Å². The zero-order valence-corrected chi connectivity index (χ0v) is 17.1. The highest BCUT2D eigenvalue weighted by molar-refractivity contribution is 5.99. The fourth-order valence-corrected chi connectivity index (χ4v) is 3.95. The number of likely N-dealkylation sites (tertiary alicyclic amines) is 1. The molecule has 0 spiro atoms. The number of amides is 1. The number of nitrogens with zero attached hydrogens (tertiary/aromatic N) is 3. The van der Waals surface area contributed by atoms with Crippen LogP contribution in [0.25, 0.3) is 10.8 Å². The zero-order chi connectivity index (χ0) is 21.6. The lowest BCUT2D eigenvalue weighted by atomic mass is 9.96. The Balaban J connectivity index is 1.27. The third-order valence-electron chi connectivity index (χ3n) is 5.71. The molecule has 1 amide bonds. The van der Waals surface area contributed by atoms with Crippen LogP contribution in [0.1, 0.15) is 24.0 Å². The topological polar surface area (TPSA) is 87.8 Å². The maximum atomic E-state index is 12.5. The minimum Gasteiger partial charge on any atom is -0.299 e. The van der Waals surface area contributed by atoms with Gasteiger partial charge in [-0.2, -0.15) is 5.10 Å². The van der Waals surface area contributed by atoms with E-state index >= 15 is 0 Å². The summed E-state index contributed by atoms with van der Waals surface area (Å²) in [6.45, 7) is 2.34. The number of nitrogens with one attached hydrogen (secondary N) is 1. The van der Waals surface area contributed by atoms with Gasteiger partial charge in [0.05, 0.1) is 11.1 Å². The third kappa shape index (κ3) is 5.13. The molecule has 0 unspecified atom stereocenters. The van der Waals surface area contributed by atoms with E-state index in [9.17, 15) is 14.9 Å². The maximum absolute atomic E-state index is 12.5. The number of nitro benzene ring substituents is 1. The Morgan fingerprint density at radius 3 is 2.52 bits per heavy atom. The number of hydrogen-bond acceptors (Lipinski definition) is 5. The molecule has 1 saturated heterocycles. The number of non-ortho nitro benzene ring substituents is 1. The lowest BCUT2D eigenvalue weighted by molar-refractivity contribution is -0.384. The van der Waals surface area contributed by atoms with Gasteiger partial charge < -0.3 is 0 Å². The third-order valence-corrected chi connectivity index (χ3v) is 5.71. The molecule has 7 heteroatoms. The monoisotopic (exact) mass is 416 g/mol. The maximum Gasteiger partial charge on any atom is 0.269 e. The Morgan fingerprint density at radius 1 is 1.06 bits per heavy atom. The van der Waals surface area contributed by atoms with Crippen LogP contribution in [-0.4, -0.2) is 35.0 Å². The van der Waals surface area contributed by atoms with Crippen LogP contribution in [0.15, 0.2) is 71.8 Å². The number of fused-ring (bicyclic) bond motifs is 1. The number of carbonyl (C=O) groups excluding carboxylic acids is 1. The first kappa shape index (κ1) is 20.7. The predicted molar refractivity (Wildman–Crippen MR) is 121 cm³/mol. The van der Waals surface area contributed by atoms with E-state index in [-0.39, 0.29) is 17.5 Å². The molecule has 1 aliphatic rings. The molecule has 1 fully saturated rings. The van der Waals surface area contributed by atoms with Crippen LogP contribution in [-0.2, 0) is 11.3 Å². The molecule has 0 bridgehead atoms. The fourth-order valence-electron chi connectivity index (χ4n) is 3.95. The van der Waals surface area contributed by atoms with Crippen molar-refractivity contribution in [2.75, 3.05) is 13.1 Å². The van der Waals surface area contributed by atoms with Crippen molar-refractivity contribution in [1.82, 2.24) is 10.3 Å². The number of hydrogen-bond donors (Lipinski definition) is 1. The minimum absolute atomic E-state index is 0.0496. The summed E-state index contributed by atoms with van der Waals surface area (Å²) in [7, 11) is 0. The van der Waals surface area contributed by atoms with Crippen LogP contribution in [0.3, 0.4) is 0 Å². The van der Waals surface area contributed by atoms with Gasteiger partial charge in [-0.25, -0.2) is 5.43 Å². The summed E-state index contributed by atoms with van der Waals surface area (Å²) in [5, 5.41) is 17.2. The van der Waals surface area contributed by atoms with Crippen molar-refractivity contribution in [2.24, 2.45) is 11.0 Å². The Bertz CT molecular complexity index is 1100. The second-order valence-corrected chi connectivity index (χ2v) is 7.78. The first-order valence-corrected chi connectivity index (χ1v) is 10.4. The van der Waals surface area contributed by atoms with E-state index in [0.29, 0.717) is 0 Å². The summed E-state index contributed by atoms with van der Waals surface area (Å²) in [5.74, 6) is -0.107. The number of piperidine rings is 1. The molecule has 1 N–H and O–H groups in total. The van der Waals surface area contributed by atoms with Gasteiger partial charge in [0.2, 0.25) is 5.91 Å². The van der Waals surface area contributed by atoms with Crippen LogP contribution in [0, 0.1) is 16.0 Å². The number of benzene rings is 3. The highest BCUT2D eigenvalue weighted by Gasteiger charge is 2.24. The van der Waals surface area contributed by atoms with E-state index in [1.807, 2.05) is 30.3 Å². The summed E-state index contributed by atoms with van der Waals surface area (Å²) in [5.41, 5.74) is 4.80. The Morgan fingerprint density at radius 2 is 1.77 bits per heavy atom. The molecular weight excluding hydrogens is 392 g/mol. The van der Waals surface area contributed by atoms with Crippen LogP contribution in [0.2, 0.25) is 0 Å². The van der Waals surface area contributed by atoms with Crippen molar-refractivity contribution in [2.45, 2.75) is 19.4 Å². The average molecular weight is 416 g/mol. The summed E-state index contributed by atoms with van der Waals surface area (Å²) in [6.07, 6.45) is 3.23. The van der Waals surface area contributed by atoms with E-state index in [0.717, 1.165) is 54.4 Å². The molecule has 158 valence electrons. The SMILES string of the molecule is O=C(N/N=C/c1cccc2ccccc12)C1CCN(Cc2ccc([N+](=O)[O-])cc2)CC1. The Hall–Kier alpha value is -3.58. The molecule has 1 heterocycles. The second-order valence-electron chi connectivity index (χ2n) is 7.78. The van der Waals surface area contributed by atoms with E-state index in [1.54, 1.807) is 18.3 Å². The van der Waals surface area contributed by atoms with E-state index in [4.69, 9.17) is 0 Å². The zero-order valence-electron chi connectivity index (χ0n) is 17.1. The summed E-state index contributed by atoms with van der Waals surface area (Å²) in [4.78, 5) is 25.1. The summed E-state index contributed by atoms with van der Waals surface area (Å²) >= 11 is 0. The van der Waals surface area contributed by atoms with E-state index in [2.05, 4.69) is 27.6 Å². The van der Waals surface area contributed by atoms with Crippen molar-refractivity contribution in [3.8, 4) is 0 Å². The van der Waals surface area contributed by atoms with Gasteiger partial charge in [0.15, 0.2) is 0 Å². The molecule has 1 aliphatic heterocycles. The quantitative estimate of drug-likeness (QED) is 0.372. The Kier molecular flexibility index (Phi) is 6.33. The molecule has 0 atom stereocenters. The number of rotatable bonds is 6. The van der Waals surface area contributed by atoms with Crippen molar-refractivity contribution in [3.05, 3.63) is 88.0 Å². The molecule has 0 aromatic heterocycles.